The maximum absolute atomic E-state index is 4.46. The molecule has 0 aliphatic carbocycles. The highest BCUT2D eigenvalue weighted by molar-refractivity contribution is 7.11. The number of benzene rings is 1. The molecule has 0 aliphatic rings. The number of rotatable bonds is 5. The summed E-state index contributed by atoms with van der Waals surface area (Å²) in [7, 11) is 0. The van der Waals surface area contributed by atoms with Gasteiger partial charge in [-0.15, -0.1) is 11.3 Å². The minimum Gasteiger partial charge on any atom is -0.255 e. The van der Waals surface area contributed by atoms with E-state index in [2.05, 4.69) is 47.6 Å². The zero-order valence-electron chi connectivity index (χ0n) is 10.1. The molecule has 2 rings (SSSR count). The van der Waals surface area contributed by atoms with Gasteiger partial charge in [-0.1, -0.05) is 31.5 Å². The van der Waals surface area contributed by atoms with Gasteiger partial charge in [-0.25, -0.2) is 0 Å². The van der Waals surface area contributed by atoms with Crippen molar-refractivity contribution in [2.75, 3.05) is 0 Å². The van der Waals surface area contributed by atoms with E-state index in [1.807, 2.05) is 12.3 Å². The van der Waals surface area contributed by atoms with Gasteiger partial charge in [0.05, 0.1) is 5.69 Å². The van der Waals surface area contributed by atoms with E-state index < -0.39 is 0 Å². The summed E-state index contributed by atoms with van der Waals surface area (Å²) in [6, 6.07) is 12.7. The molecule has 0 bridgehead atoms. The number of unbranched alkanes of at least 4 members (excludes halogenated alkanes) is 1. The van der Waals surface area contributed by atoms with E-state index >= 15 is 0 Å². The second-order valence-electron chi connectivity index (χ2n) is 4.04. The molecule has 2 heteroatoms. The van der Waals surface area contributed by atoms with Gasteiger partial charge in [-0.2, -0.15) is 0 Å². The molecule has 0 saturated heterocycles. The summed E-state index contributed by atoms with van der Waals surface area (Å²) in [5.74, 6) is 0. The molecule has 0 spiro atoms. The Morgan fingerprint density at radius 2 is 2.00 bits per heavy atom. The normalized spacial score (nSPS) is 11.1. The van der Waals surface area contributed by atoms with Gasteiger partial charge >= 0.3 is 0 Å². The van der Waals surface area contributed by atoms with E-state index in [0.29, 0.717) is 0 Å². The molecule has 0 fully saturated rings. The highest BCUT2D eigenvalue weighted by Crippen LogP contribution is 2.15. The minimum atomic E-state index is 1.03. The third kappa shape index (κ3) is 3.82. The molecule has 88 valence electrons. The Hall–Kier alpha value is -1.41. The van der Waals surface area contributed by atoms with Crippen molar-refractivity contribution in [3.05, 3.63) is 52.2 Å². The van der Waals surface area contributed by atoms with Crippen molar-refractivity contribution in [3.63, 3.8) is 0 Å². The average Bonchev–Trinajstić information content (AvgIpc) is 2.88. The largest absolute Gasteiger partial charge is 0.255 e. The Bertz CT molecular complexity index is 454. The summed E-state index contributed by atoms with van der Waals surface area (Å²) < 4.78 is 0. The molecule has 0 atom stereocenters. The third-order valence-corrected chi connectivity index (χ3v) is 3.45. The third-order valence-electron chi connectivity index (χ3n) is 2.64. The Morgan fingerprint density at radius 1 is 1.18 bits per heavy atom. The number of nitrogens with zero attached hydrogens (tertiary/aromatic N) is 1. The van der Waals surface area contributed by atoms with Crippen LogP contribution in [0.1, 0.15) is 30.2 Å². The highest BCUT2D eigenvalue weighted by atomic mass is 32.1. The van der Waals surface area contributed by atoms with E-state index in [0.717, 1.165) is 5.69 Å². The Morgan fingerprint density at radius 3 is 2.65 bits per heavy atom. The molecule has 1 aromatic carbocycles. The first-order valence-electron chi connectivity index (χ1n) is 6.05. The van der Waals surface area contributed by atoms with Crippen LogP contribution in [-0.2, 0) is 6.42 Å². The average molecular weight is 243 g/mol. The lowest BCUT2D eigenvalue weighted by atomic mass is 10.1. The van der Waals surface area contributed by atoms with Crippen LogP contribution in [-0.4, -0.2) is 6.21 Å². The van der Waals surface area contributed by atoms with Crippen molar-refractivity contribution in [3.8, 4) is 0 Å². The maximum atomic E-state index is 4.46. The Kier molecular flexibility index (Phi) is 4.51. The first-order chi connectivity index (χ1) is 8.38. The van der Waals surface area contributed by atoms with Crippen LogP contribution in [0.4, 0.5) is 5.69 Å². The number of aryl methyl sites for hydroxylation is 1. The topological polar surface area (TPSA) is 12.4 Å². The minimum absolute atomic E-state index is 1.03. The van der Waals surface area contributed by atoms with Gasteiger partial charge in [0.15, 0.2) is 0 Å². The van der Waals surface area contributed by atoms with Crippen molar-refractivity contribution in [2.45, 2.75) is 26.2 Å². The summed E-state index contributed by atoms with van der Waals surface area (Å²) in [6.45, 7) is 2.22. The molecule has 1 heterocycles. The van der Waals surface area contributed by atoms with Crippen molar-refractivity contribution >= 4 is 23.2 Å². The van der Waals surface area contributed by atoms with Crippen LogP contribution in [0.5, 0.6) is 0 Å². The van der Waals surface area contributed by atoms with Gasteiger partial charge in [0.1, 0.15) is 0 Å². The Balaban J connectivity index is 1.98. The maximum Gasteiger partial charge on any atom is 0.0630 e. The van der Waals surface area contributed by atoms with Gasteiger partial charge in [-0.3, -0.25) is 4.99 Å². The van der Waals surface area contributed by atoms with Crippen LogP contribution in [0, 0.1) is 0 Å². The number of thiophene rings is 1. The van der Waals surface area contributed by atoms with Crippen LogP contribution in [0.25, 0.3) is 0 Å². The van der Waals surface area contributed by atoms with Crippen molar-refractivity contribution < 1.29 is 0 Å². The fraction of sp³-hybridized carbons (Fsp3) is 0.267. The first kappa shape index (κ1) is 12.1. The standard InChI is InChI=1S/C15H17NS/c1-2-3-5-13-7-9-14(10-8-13)16-12-15-6-4-11-17-15/h4,6-12H,2-3,5H2,1H3. The van der Waals surface area contributed by atoms with E-state index in [1.165, 1.54) is 29.7 Å². The van der Waals surface area contributed by atoms with Crippen LogP contribution >= 0.6 is 11.3 Å². The quantitative estimate of drug-likeness (QED) is 0.666. The van der Waals surface area contributed by atoms with Gasteiger partial charge in [0, 0.05) is 11.1 Å². The van der Waals surface area contributed by atoms with Crippen LogP contribution in [0.3, 0.4) is 0 Å². The summed E-state index contributed by atoms with van der Waals surface area (Å²) in [5, 5.41) is 2.06. The molecule has 0 aliphatic heterocycles. The second kappa shape index (κ2) is 6.36. The van der Waals surface area contributed by atoms with Crippen molar-refractivity contribution in [1.82, 2.24) is 0 Å². The predicted octanol–water partition coefficient (Wildman–Crippen LogP) is 4.84. The molecule has 0 amide bonds. The smallest absolute Gasteiger partial charge is 0.0630 e. The molecule has 1 nitrogen and oxygen atoms in total. The molecule has 0 unspecified atom stereocenters. The number of aliphatic imine (C=N–C) groups is 1. The van der Waals surface area contributed by atoms with Gasteiger partial charge in [0.25, 0.3) is 0 Å². The summed E-state index contributed by atoms with van der Waals surface area (Å²) in [4.78, 5) is 5.65. The molecule has 17 heavy (non-hydrogen) atoms. The second-order valence-corrected chi connectivity index (χ2v) is 5.02. The predicted molar refractivity (Wildman–Crippen MR) is 76.6 cm³/mol. The van der Waals surface area contributed by atoms with E-state index in [-0.39, 0.29) is 0 Å². The van der Waals surface area contributed by atoms with Crippen molar-refractivity contribution in [2.24, 2.45) is 4.99 Å². The fourth-order valence-corrected chi connectivity index (χ4v) is 2.22. The lowest BCUT2D eigenvalue weighted by Crippen LogP contribution is -1.82. The molecular weight excluding hydrogens is 226 g/mol. The molecule has 0 saturated carbocycles. The zero-order chi connectivity index (χ0) is 11.9. The van der Waals surface area contributed by atoms with Gasteiger partial charge < -0.3 is 0 Å². The van der Waals surface area contributed by atoms with Crippen LogP contribution < -0.4 is 0 Å². The summed E-state index contributed by atoms with van der Waals surface area (Å²) in [5.41, 5.74) is 2.43. The SMILES string of the molecule is CCCCc1ccc(N=Cc2cccs2)cc1. The molecule has 1 aromatic heterocycles. The lowest BCUT2D eigenvalue weighted by Gasteiger charge is -1.99. The molecule has 0 N–H and O–H groups in total. The van der Waals surface area contributed by atoms with Gasteiger partial charge in [0.2, 0.25) is 0 Å². The van der Waals surface area contributed by atoms with E-state index in [9.17, 15) is 0 Å². The lowest BCUT2D eigenvalue weighted by molar-refractivity contribution is 0.795. The molecule has 2 aromatic rings. The highest BCUT2D eigenvalue weighted by Gasteiger charge is 1.93. The van der Waals surface area contributed by atoms with Crippen molar-refractivity contribution in [1.29, 1.82) is 0 Å². The van der Waals surface area contributed by atoms with E-state index in [1.54, 1.807) is 11.3 Å². The van der Waals surface area contributed by atoms with Gasteiger partial charge in [-0.05, 0) is 42.0 Å². The number of hydrogen-bond acceptors (Lipinski definition) is 2. The molecule has 0 radical (unpaired) electrons. The van der Waals surface area contributed by atoms with Crippen LogP contribution in [0.15, 0.2) is 46.8 Å². The zero-order valence-corrected chi connectivity index (χ0v) is 10.9. The monoisotopic (exact) mass is 243 g/mol. The molecular formula is C15H17NS. The fourth-order valence-electron chi connectivity index (χ4n) is 1.63. The van der Waals surface area contributed by atoms with Crippen LogP contribution in [0.2, 0.25) is 0 Å². The Labute approximate surface area is 107 Å². The first-order valence-corrected chi connectivity index (χ1v) is 6.93. The van der Waals surface area contributed by atoms with E-state index in [4.69, 9.17) is 0 Å². The summed E-state index contributed by atoms with van der Waals surface area (Å²) >= 11 is 1.71. The summed E-state index contributed by atoms with van der Waals surface area (Å²) in [6.07, 6.45) is 5.60. The number of hydrogen-bond donors (Lipinski definition) is 0.